The zero-order valence-electron chi connectivity index (χ0n) is 23.8. The van der Waals surface area contributed by atoms with E-state index >= 15 is 0 Å². The zero-order chi connectivity index (χ0) is 30.9. The van der Waals surface area contributed by atoms with Gasteiger partial charge in [-0.15, -0.1) is 0 Å². The molecule has 1 aliphatic rings. The third kappa shape index (κ3) is 7.45. The SMILES string of the molecule is CCOc1cc(/C=N\NC(=O)CN(c2ccc(F)cc2)S(=O)(=O)c2ccc3c(c2)OCCO3)ccc1OCc1ccccc1. The minimum atomic E-state index is -4.28. The number of ether oxygens (including phenoxy) is 4. The van der Waals surface area contributed by atoms with E-state index < -0.39 is 28.3 Å². The number of sulfonamides is 1. The molecule has 44 heavy (non-hydrogen) atoms. The van der Waals surface area contributed by atoms with Crippen molar-refractivity contribution in [3.05, 3.63) is 108 Å². The molecular formula is C32H30FN3O7S. The van der Waals surface area contributed by atoms with Gasteiger partial charge in [0.15, 0.2) is 23.0 Å². The van der Waals surface area contributed by atoms with E-state index in [-0.39, 0.29) is 22.9 Å². The molecule has 0 fully saturated rings. The zero-order valence-corrected chi connectivity index (χ0v) is 24.6. The Kier molecular flexibility index (Phi) is 9.60. The number of hydrazone groups is 1. The molecule has 0 bridgehead atoms. The maximum absolute atomic E-state index is 13.7. The van der Waals surface area contributed by atoms with Gasteiger partial charge in [-0.05, 0) is 72.6 Å². The Balaban J connectivity index is 1.30. The molecule has 5 rings (SSSR count). The highest BCUT2D eigenvalue weighted by atomic mass is 32.2. The molecule has 10 nitrogen and oxygen atoms in total. The molecule has 0 unspecified atom stereocenters. The highest BCUT2D eigenvalue weighted by Gasteiger charge is 2.29. The summed E-state index contributed by atoms with van der Waals surface area (Å²) in [7, 11) is -4.28. The van der Waals surface area contributed by atoms with Crippen molar-refractivity contribution < 1.29 is 36.6 Å². The smallest absolute Gasteiger partial charge is 0.264 e. The van der Waals surface area contributed by atoms with Gasteiger partial charge >= 0.3 is 0 Å². The van der Waals surface area contributed by atoms with E-state index in [0.29, 0.717) is 42.6 Å². The van der Waals surface area contributed by atoms with Gasteiger partial charge in [-0.25, -0.2) is 18.2 Å². The molecule has 0 atom stereocenters. The number of fused-ring (bicyclic) bond motifs is 1. The largest absolute Gasteiger partial charge is 0.490 e. The van der Waals surface area contributed by atoms with Gasteiger partial charge in [0.1, 0.15) is 32.2 Å². The normalized spacial score (nSPS) is 12.5. The molecule has 12 heteroatoms. The minimum absolute atomic E-state index is 0.0906. The fourth-order valence-electron chi connectivity index (χ4n) is 4.31. The maximum atomic E-state index is 13.7. The highest BCUT2D eigenvalue weighted by Crippen LogP contribution is 2.34. The second-order valence-electron chi connectivity index (χ2n) is 9.50. The molecule has 4 aromatic carbocycles. The highest BCUT2D eigenvalue weighted by molar-refractivity contribution is 7.92. The minimum Gasteiger partial charge on any atom is -0.490 e. The van der Waals surface area contributed by atoms with Crippen LogP contribution < -0.4 is 28.7 Å². The second kappa shape index (κ2) is 13.9. The number of hydrogen-bond acceptors (Lipinski definition) is 8. The lowest BCUT2D eigenvalue weighted by Crippen LogP contribution is -2.39. The Morgan fingerprint density at radius 3 is 2.43 bits per heavy atom. The molecule has 0 radical (unpaired) electrons. The third-order valence-electron chi connectivity index (χ3n) is 6.41. The van der Waals surface area contributed by atoms with Crippen molar-refractivity contribution >= 4 is 27.8 Å². The summed E-state index contributed by atoms with van der Waals surface area (Å²) < 4.78 is 64.6. The first-order chi connectivity index (χ1) is 21.3. The first-order valence-corrected chi connectivity index (χ1v) is 15.2. The van der Waals surface area contributed by atoms with E-state index in [0.717, 1.165) is 22.0 Å². The number of benzene rings is 4. The topological polar surface area (TPSA) is 116 Å². The molecule has 0 aromatic heterocycles. The van der Waals surface area contributed by atoms with Crippen LogP contribution >= 0.6 is 0 Å². The molecule has 0 spiro atoms. The molecule has 0 aliphatic carbocycles. The monoisotopic (exact) mass is 619 g/mol. The molecule has 1 heterocycles. The van der Waals surface area contributed by atoms with Gasteiger partial charge in [-0.1, -0.05) is 30.3 Å². The lowest BCUT2D eigenvalue weighted by Gasteiger charge is -2.25. The second-order valence-corrected chi connectivity index (χ2v) is 11.4. The average molecular weight is 620 g/mol. The number of halogens is 1. The summed E-state index contributed by atoms with van der Waals surface area (Å²) in [5.74, 6) is 0.469. The molecule has 1 amide bonds. The number of hydrogen-bond donors (Lipinski definition) is 1. The summed E-state index contributed by atoms with van der Waals surface area (Å²) in [6, 6.07) is 23.9. The fourth-order valence-corrected chi connectivity index (χ4v) is 5.74. The number of rotatable bonds is 12. The predicted molar refractivity (Wildman–Crippen MR) is 162 cm³/mol. The number of nitrogens with one attached hydrogen (secondary N) is 1. The summed E-state index contributed by atoms with van der Waals surface area (Å²) >= 11 is 0. The molecule has 0 saturated carbocycles. The Morgan fingerprint density at radius 2 is 1.68 bits per heavy atom. The van der Waals surface area contributed by atoms with Crippen LogP contribution in [0.3, 0.4) is 0 Å². The molecular weight excluding hydrogens is 589 g/mol. The van der Waals surface area contributed by atoms with Crippen LogP contribution in [-0.2, 0) is 21.4 Å². The van der Waals surface area contributed by atoms with Crippen molar-refractivity contribution in [3.8, 4) is 23.0 Å². The van der Waals surface area contributed by atoms with Gasteiger partial charge in [-0.3, -0.25) is 9.10 Å². The number of carbonyl (C=O) groups excluding carboxylic acids is 1. The Bertz CT molecular complexity index is 1730. The third-order valence-corrected chi connectivity index (χ3v) is 8.18. The lowest BCUT2D eigenvalue weighted by atomic mass is 10.2. The fraction of sp³-hybridized carbons (Fsp3) is 0.188. The van der Waals surface area contributed by atoms with Gasteiger partial charge in [0.25, 0.3) is 15.9 Å². The van der Waals surface area contributed by atoms with Crippen molar-refractivity contribution in [2.75, 3.05) is 30.7 Å². The van der Waals surface area contributed by atoms with Crippen molar-refractivity contribution in [1.82, 2.24) is 5.43 Å². The van der Waals surface area contributed by atoms with Crippen LogP contribution in [-0.4, -0.2) is 46.9 Å². The molecule has 4 aromatic rings. The van der Waals surface area contributed by atoms with E-state index in [1.165, 1.54) is 36.5 Å². The number of amides is 1. The van der Waals surface area contributed by atoms with Crippen LogP contribution in [0.25, 0.3) is 0 Å². The van der Waals surface area contributed by atoms with Gasteiger partial charge in [-0.2, -0.15) is 5.10 Å². The van der Waals surface area contributed by atoms with Gasteiger partial charge in [0.05, 0.1) is 23.4 Å². The Labute approximate surface area is 254 Å². The van der Waals surface area contributed by atoms with E-state index in [1.54, 1.807) is 18.2 Å². The van der Waals surface area contributed by atoms with Crippen LogP contribution in [0.1, 0.15) is 18.1 Å². The van der Waals surface area contributed by atoms with Gasteiger partial charge in [0.2, 0.25) is 0 Å². The first-order valence-electron chi connectivity index (χ1n) is 13.8. The Hall–Kier alpha value is -5.10. The summed E-state index contributed by atoms with van der Waals surface area (Å²) in [6.45, 7) is 2.62. The number of nitrogens with zero attached hydrogens (tertiary/aromatic N) is 2. The molecule has 1 N–H and O–H groups in total. The van der Waals surface area contributed by atoms with Crippen molar-refractivity contribution in [2.24, 2.45) is 5.10 Å². The first kappa shape index (κ1) is 30.4. The van der Waals surface area contributed by atoms with Crippen LogP contribution in [0.2, 0.25) is 0 Å². The lowest BCUT2D eigenvalue weighted by molar-refractivity contribution is -0.119. The van der Waals surface area contributed by atoms with Crippen LogP contribution in [0.4, 0.5) is 10.1 Å². The molecule has 228 valence electrons. The van der Waals surface area contributed by atoms with E-state index in [4.69, 9.17) is 18.9 Å². The van der Waals surface area contributed by atoms with Crippen LogP contribution in [0, 0.1) is 5.82 Å². The number of anilines is 1. The maximum Gasteiger partial charge on any atom is 0.264 e. The van der Waals surface area contributed by atoms with E-state index in [2.05, 4.69) is 10.5 Å². The van der Waals surface area contributed by atoms with Crippen molar-refractivity contribution in [3.63, 3.8) is 0 Å². The van der Waals surface area contributed by atoms with Gasteiger partial charge < -0.3 is 18.9 Å². The predicted octanol–water partition coefficient (Wildman–Crippen LogP) is 4.92. The molecule has 1 aliphatic heterocycles. The Morgan fingerprint density at radius 1 is 0.932 bits per heavy atom. The summed E-state index contributed by atoms with van der Waals surface area (Å²) in [6.07, 6.45) is 1.40. The van der Waals surface area contributed by atoms with Crippen LogP contribution in [0.5, 0.6) is 23.0 Å². The van der Waals surface area contributed by atoms with Gasteiger partial charge in [0, 0.05) is 6.07 Å². The van der Waals surface area contributed by atoms with Crippen molar-refractivity contribution in [1.29, 1.82) is 0 Å². The summed E-state index contributed by atoms with van der Waals surface area (Å²) in [5.41, 5.74) is 4.07. The van der Waals surface area contributed by atoms with Crippen molar-refractivity contribution in [2.45, 2.75) is 18.4 Å². The molecule has 0 saturated heterocycles. The standard InChI is InChI=1S/C32H30FN3O7S/c1-2-40-30-18-24(8-14-29(30)43-22-23-6-4-3-5-7-23)20-34-35-32(37)21-36(26-11-9-25(33)10-12-26)44(38,39)27-13-15-28-31(19-27)42-17-16-41-28/h3-15,18-20H,2,16-17,21-22H2,1H3,(H,35,37)/b34-20-. The summed E-state index contributed by atoms with van der Waals surface area (Å²) in [5, 5.41) is 4.00. The quantitative estimate of drug-likeness (QED) is 0.177. The van der Waals surface area contributed by atoms with E-state index in [1.807, 2.05) is 37.3 Å². The number of carbonyl (C=O) groups is 1. The average Bonchev–Trinajstić information content (AvgIpc) is 3.04. The summed E-state index contributed by atoms with van der Waals surface area (Å²) in [4.78, 5) is 12.8. The van der Waals surface area contributed by atoms with E-state index in [9.17, 15) is 17.6 Å². The van der Waals surface area contributed by atoms with Crippen LogP contribution in [0.15, 0.2) is 101 Å².